The van der Waals surface area contributed by atoms with Gasteiger partial charge in [0, 0.05) is 12.3 Å². The van der Waals surface area contributed by atoms with Gasteiger partial charge in [-0.25, -0.2) is 4.99 Å². The Morgan fingerprint density at radius 1 is 0.857 bits per heavy atom. The Kier molecular flexibility index (Phi) is 5.61. The summed E-state index contributed by atoms with van der Waals surface area (Å²) in [6.07, 6.45) is 9.35. The number of carbonyl (C=O) groups excluding carboxylic acids is 1. The SMILES string of the molecule is NC1=NC(c2ccccc2)(c2ccccc2)C(=O)CC1CCC1CCCCC1. The summed E-state index contributed by atoms with van der Waals surface area (Å²) in [4.78, 5) is 18.5. The van der Waals surface area contributed by atoms with Gasteiger partial charge in [0.15, 0.2) is 11.3 Å². The van der Waals surface area contributed by atoms with Gasteiger partial charge in [0.05, 0.1) is 5.84 Å². The van der Waals surface area contributed by atoms with E-state index in [0.717, 1.165) is 29.9 Å². The van der Waals surface area contributed by atoms with Crippen LogP contribution in [-0.4, -0.2) is 11.6 Å². The average molecular weight is 375 g/mol. The van der Waals surface area contributed by atoms with Crippen molar-refractivity contribution in [3.05, 3.63) is 71.8 Å². The lowest BCUT2D eigenvalue weighted by Crippen LogP contribution is -2.45. The van der Waals surface area contributed by atoms with Crippen molar-refractivity contribution in [3.8, 4) is 0 Å². The van der Waals surface area contributed by atoms with E-state index in [0.29, 0.717) is 12.3 Å². The Hall–Kier alpha value is -2.42. The van der Waals surface area contributed by atoms with Gasteiger partial charge in [0.1, 0.15) is 0 Å². The first-order valence-electron chi connectivity index (χ1n) is 10.7. The third-order valence-corrected chi connectivity index (χ3v) is 6.58. The second-order valence-electron chi connectivity index (χ2n) is 8.38. The zero-order valence-electron chi connectivity index (χ0n) is 16.5. The van der Waals surface area contributed by atoms with Crippen LogP contribution in [0.3, 0.4) is 0 Å². The van der Waals surface area contributed by atoms with Crippen LogP contribution in [-0.2, 0) is 10.3 Å². The van der Waals surface area contributed by atoms with E-state index in [1.165, 1.54) is 32.1 Å². The number of ketones is 1. The predicted octanol–water partition coefficient (Wildman–Crippen LogP) is 5.24. The highest BCUT2D eigenvalue weighted by Crippen LogP contribution is 2.41. The Morgan fingerprint density at radius 2 is 1.43 bits per heavy atom. The number of aliphatic imine (C=N–C) groups is 1. The summed E-state index contributed by atoms with van der Waals surface area (Å²) in [6.45, 7) is 0. The lowest BCUT2D eigenvalue weighted by atomic mass is 9.73. The van der Waals surface area contributed by atoms with Gasteiger partial charge in [-0.1, -0.05) is 92.8 Å². The molecule has 0 saturated heterocycles. The van der Waals surface area contributed by atoms with Crippen molar-refractivity contribution in [1.82, 2.24) is 0 Å². The fourth-order valence-corrected chi connectivity index (χ4v) is 4.96. The molecular weight excluding hydrogens is 344 g/mol. The van der Waals surface area contributed by atoms with Gasteiger partial charge in [0.25, 0.3) is 0 Å². The van der Waals surface area contributed by atoms with Crippen LogP contribution in [0.5, 0.6) is 0 Å². The van der Waals surface area contributed by atoms with E-state index < -0.39 is 5.54 Å². The fourth-order valence-electron chi connectivity index (χ4n) is 4.96. The molecule has 0 amide bonds. The van der Waals surface area contributed by atoms with Crippen LogP contribution < -0.4 is 5.73 Å². The van der Waals surface area contributed by atoms with Crippen molar-refractivity contribution < 1.29 is 4.79 Å². The van der Waals surface area contributed by atoms with Crippen molar-refractivity contribution in [1.29, 1.82) is 0 Å². The highest BCUT2D eigenvalue weighted by molar-refractivity contribution is 6.02. The molecule has 1 fully saturated rings. The van der Waals surface area contributed by atoms with Crippen molar-refractivity contribution >= 4 is 11.6 Å². The second-order valence-corrected chi connectivity index (χ2v) is 8.38. The van der Waals surface area contributed by atoms with Crippen LogP contribution in [0, 0.1) is 11.8 Å². The molecule has 146 valence electrons. The molecule has 2 N–H and O–H groups in total. The molecular formula is C25H30N2O. The largest absolute Gasteiger partial charge is 0.387 e. The van der Waals surface area contributed by atoms with Crippen LogP contribution in [0.25, 0.3) is 0 Å². The number of hydrogen-bond acceptors (Lipinski definition) is 3. The molecule has 0 aromatic heterocycles. The monoisotopic (exact) mass is 374 g/mol. The quantitative estimate of drug-likeness (QED) is 0.778. The molecule has 4 rings (SSSR count). The van der Waals surface area contributed by atoms with E-state index in [9.17, 15) is 4.79 Å². The molecule has 1 saturated carbocycles. The van der Waals surface area contributed by atoms with Gasteiger partial charge < -0.3 is 5.73 Å². The Bertz CT molecular complexity index is 783. The van der Waals surface area contributed by atoms with Gasteiger partial charge in [0.2, 0.25) is 0 Å². The minimum absolute atomic E-state index is 0.0787. The molecule has 3 heteroatoms. The number of rotatable bonds is 5. The standard InChI is InChI=1S/C25H30N2O/c26-24-20(17-16-19-10-4-1-5-11-19)18-23(28)25(27-24,21-12-6-2-7-13-21)22-14-8-3-9-15-22/h2-3,6-9,12-15,19-20H,1,4-5,10-11,16-18H2,(H2,26,27). The molecule has 2 aromatic carbocycles. The summed E-state index contributed by atoms with van der Waals surface area (Å²) in [6, 6.07) is 19.8. The van der Waals surface area contributed by atoms with E-state index in [4.69, 9.17) is 10.7 Å². The molecule has 2 aromatic rings. The number of benzene rings is 2. The van der Waals surface area contributed by atoms with Gasteiger partial charge in [-0.3, -0.25) is 4.79 Å². The normalized spacial score (nSPS) is 22.6. The molecule has 1 unspecified atom stereocenters. The van der Waals surface area contributed by atoms with E-state index >= 15 is 0 Å². The molecule has 1 aliphatic heterocycles. The topological polar surface area (TPSA) is 55.4 Å². The van der Waals surface area contributed by atoms with Crippen molar-refractivity contribution in [2.45, 2.75) is 56.9 Å². The molecule has 0 radical (unpaired) electrons. The summed E-state index contributed by atoms with van der Waals surface area (Å²) in [5.74, 6) is 1.68. The third-order valence-electron chi connectivity index (χ3n) is 6.58. The molecule has 3 nitrogen and oxygen atoms in total. The van der Waals surface area contributed by atoms with Crippen LogP contribution in [0.4, 0.5) is 0 Å². The zero-order valence-corrected chi connectivity index (χ0v) is 16.5. The van der Waals surface area contributed by atoms with Crippen molar-refractivity contribution in [2.75, 3.05) is 0 Å². The van der Waals surface area contributed by atoms with Gasteiger partial charge >= 0.3 is 0 Å². The first-order chi connectivity index (χ1) is 13.7. The number of carbonyl (C=O) groups is 1. The summed E-state index contributed by atoms with van der Waals surface area (Å²) in [5, 5.41) is 0. The Morgan fingerprint density at radius 3 is 2.00 bits per heavy atom. The van der Waals surface area contributed by atoms with Crippen LogP contribution >= 0.6 is 0 Å². The molecule has 1 aliphatic carbocycles. The summed E-state index contributed by atoms with van der Waals surface area (Å²) >= 11 is 0. The van der Waals surface area contributed by atoms with Gasteiger partial charge in [-0.15, -0.1) is 0 Å². The van der Waals surface area contributed by atoms with Crippen LogP contribution in [0.1, 0.15) is 62.5 Å². The highest BCUT2D eigenvalue weighted by Gasteiger charge is 2.46. The van der Waals surface area contributed by atoms with E-state index in [1.807, 2.05) is 60.7 Å². The zero-order chi connectivity index (χ0) is 19.4. The van der Waals surface area contributed by atoms with E-state index in [-0.39, 0.29) is 11.7 Å². The predicted molar refractivity (Wildman–Crippen MR) is 114 cm³/mol. The molecule has 2 aliphatic rings. The van der Waals surface area contributed by atoms with E-state index in [1.54, 1.807) is 0 Å². The first kappa shape index (κ1) is 18.9. The fraction of sp³-hybridized carbons (Fsp3) is 0.440. The van der Waals surface area contributed by atoms with Gasteiger partial charge in [-0.05, 0) is 29.9 Å². The second kappa shape index (κ2) is 8.30. The minimum atomic E-state index is -1.01. The minimum Gasteiger partial charge on any atom is -0.387 e. The number of nitrogens with zero attached hydrogens (tertiary/aromatic N) is 1. The maximum absolute atomic E-state index is 13.6. The lowest BCUT2D eigenvalue weighted by Gasteiger charge is -2.36. The first-order valence-corrected chi connectivity index (χ1v) is 10.7. The smallest absolute Gasteiger partial charge is 0.171 e. The Labute approximate surface area is 168 Å². The third kappa shape index (κ3) is 3.63. The summed E-state index contributed by atoms with van der Waals surface area (Å²) < 4.78 is 0. The molecule has 0 bridgehead atoms. The van der Waals surface area contributed by atoms with Crippen molar-refractivity contribution in [3.63, 3.8) is 0 Å². The number of nitrogens with two attached hydrogens (primary N) is 1. The summed E-state index contributed by atoms with van der Waals surface area (Å²) in [7, 11) is 0. The van der Waals surface area contributed by atoms with Crippen LogP contribution in [0.15, 0.2) is 65.7 Å². The molecule has 0 spiro atoms. The molecule has 1 atom stereocenters. The van der Waals surface area contributed by atoms with E-state index in [2.05, 4.69) is 0 Å². The molecule has 1 heterocycles. The lowest BCUT2D eigenvalue weighted by molar-refractivity contribution is -0.124. The Balaban J connectivity index is 1.64. The van der Waals surface area contributed by atoms with Crippen molar-refractivity contribution in [2.24, 2.45) is 22.6 Å². The number of hydrogen-bond donors (Lipinski definition) is 1. The molecule has 28 heavy (non-hydrogen) atoms. The summed E-state index contributed by atoms with van der Waals surface area (Å²) in [5.41, 5.74) is 7.30. The maximum atomic E-state index is 13.6. The number of Topliss-reactive ketones (excluding diaryl/α,β-unsaturated/α-hetero) is 1. The maximum Gasteiger partial charge on any atom is 0.171 e. The van der Waals surface area contributed by atoms with Gasteiger partial charge in [-0.2, -0.15) is 0 Å². The van der Waals surface area contributed by atoms with Crippen LogP contribution in [0.2, 0.25) is 0 Å². The average Bonchev–Trinajstić information content (AvgIpc) is 2.76. The number of amidine groups is 1. The highest BCUT2D eigenvalue weighted by atomic mass is 16.1.